The topological polar surface area (TPSA) is 80.0 Å². The van der Waals surface area contributed by atoms with Gasteiger partial charge in [-0.15, -0.1) is 0 Å². The van der Waals surface area contributed by atoms with E-state index in [1.54, 1.807) is 17.3 Å². The van der Waals surface area contributed by atoms with Gasteiger partial charge in [-0.25, -0.2) is 9.97 Å². The van der Waals surface area contributed by atoms with Crippen molar-refractivity contribution in [3.8, 4) is 5.69 Å². The molecule has 1 atom stereocenters. The smallest absolute Gasteiger partial charge is 0.339 e. The van der Waals surface area contributed by atoms with Crippen molar-refractivity contribution >= 4 is 11.9 Å². The van der Waals surface area contributed by atoms with Crippen LogP contribution in [0.3, 0.4) is 0 Å². The van der Waals surface area contributed by atoms with Gasteiger partial charge in [-0.05, 0) is 39.3 Å². The van der Waals surface area contributed by atoms with Crippen LogP contribution in [0.4, 0.5) is 19.1 Å². The van der Waals surface area contributed by atoms with Crippen molar-refractivity contribution in [2.24, 2.45) is 0 Å². The molecule has 0 N–H and O–H groups in total. The minimum absolute atomic E-state index is 0.0861. The van der Waals surface area contributed by atoms with Crippen LogP contribution in [0.5, 0.6) is 0 Å². The lowest BCUT2D eigenvalue weighted by Gasteiger charge is -2.27. The van der Waals surface area contributed by atoms with Crippen molar-refractivity contribution in [1.29, 1.82) is 0 Å². The number of aryl methyl sites for hydroxylation is 2. The Kier molecular flexibility index (Phi) is 6.05. The molecule has 1 aliphatic rings. The van der Waals surface area contributed by atoms with Crippen molar-refractivity contribution in [2.45, 2.75) is 39.4 Å². The molecule has 0 saturated carbocycles. The van der Waals surface area contributed by atoms with Gasteiger partial charge in [0.2, 0.25) is 5.95 Å². The van der Waals surface area contributed by atoms with Crippen LogP contribution >= 0.6 is 0 Å². The average Bonchev–Trinajstić information content (AvgIpc) is 3.22. The second-order valence-corrected chi connectivity index (χ2v) is 8.13. The first-order chi connectivity index (χ1) is 15.6. The zero-order valence-electron chi connectivity index (χ0n) is 18.5. The Morgan fingerprint density at radius 1 is 1.09 bits per heavy atom. The predicted octanol–water partition coefficient (Wildman–Crippen LogP) is 3.43. The number of hydrogen-bond acceptors (Lipinski definition) is 6. The van der Waals surface area contributed by atoms with Gasteiger partial charge >= 0.3 is 6.18 Å². The molecule has 8 nitrogen and oxygen atoms in total. The number of carbonyl (C=O) groups is 1. The standard InChI is InChI=1S/C22H24F3N7O/c1-14-4-5-19(32-27-7-8-28-32)17(12-14)20(33)31-11-10-30(9-6-15(31)2)21-26-13-18(16(3)29-21)22(23,24)25/h4-5,7-8,12-13,15H,6,9-11H2,1-3H3/t15-/m0/s1. The molecule has 3 heterocycles. The lowest BCUT2D eigenvalue weighted by Crippen LogP contribution is -2.40. The highest BCUT2D eigenvalue weighted by molar-refractivity contribution is 5.98. The number of carbonyl (C=O) groups excluding carboxylic acids is 1. The molecule has 2 aromatic heterocycles. The van der Waals surface area contributed by atoms with Crippen LogP contribution in [-0.4, -0.2) is 61.4 Å². The Morgan fingerprint density at radius 3 is 2.48 bits per heavy atom. The van der Waals surface area contributed by atoms with Crippen molar-refractivity contribution in [2.75, 3.05) is 24.5 Å². The maximum absolute atomic E-state index is 13.6. The van der Waals surface area contributed by atoms with Gasteiger partial charge in [-0.3, -0.25) is 4.79 Å². The Balaban J connectivity index is 1.57. The lowest BCUT2D eigenvalue weighted by atomic mass is 10.1. The molecule has 0 bridgehead atoms. The summed E-state index contributed by atoms with van der Waals surface area (Å²) < 4.78 is 39.2. The minimum Gasteiger partial charge on any atom is -0.339 e. The summed E-state index contributed by atoms with van der Waals surface area (Å²) in [5.41, 5.74) is 1.06. The van der Waals surface area contributed by atoms with Crippen LogP contribution in [0.25, 0.3) is 5.69 Å². The van der Waals surface area contributed by atoms with Gasteiger partial charge in [0.05, 0.1) is 34.9 Å². The van der Waals surface area contributed by atoms with Gasteiger partial charge in [-0.2, -0.15) is 28.2 Å². The number of rotatable bonds is 3. The van der Waals surface area contributed by atoms with E-state index in [1.165, 1.54) is 11.7 Å². The van der Waals surface area contributed by atoms with Gasteiger partial charge in [0.1, 0.15) is 0 Å². The Hall–Kier alpha value is -3.50. The van der Waals surface area contributed by atoms with E-state index in [9.17, 15) is 18.0 Å². The molecular formula is C22H24F3N7O. The first-order valence-corrected chi connectivity index (χ1v) is 10.6. The summed E-state index contributed by atoms with van der Waals surface area (Å²) in [5.74, 6) is 0.0869. The maximum Gasteiger partial charge on any atom is 0.419 e. The van der Waals surface area contributed by atoms with Gasteiger partial charge in [0.15, 0.2) is 0 Å². The molecular weight excluding hydrogens is 435 g/mol. The van der Waals surface area contributed by atoms with Crippen molar-refractivity contribution < 1.29 is 18.0 Å². The second kappa shape index (κ2) is 8.80. The third kappa shape index (κ3) is 4.67. The number of hydrogen-bond donors (Lipinski definition) is 0. The second-order valence-electron chi connectivity index (χ2n) is 8.13. The molecule has 1 aromatic carbocycles. The summed E-state index contributed by atoms with van der Waals surface area (Å²) in [7, 11) is 0. The quantitative estimate of drug-likeness (QED) is 0.597. The van der Waals surface area contributed by atoms with E-state index in [0.29, 0.717) is 37.3 Å². The molecule has 33 heavy (non-hydrogen) atoms. The van der Waals surface area contributed by atoms with Gasteiger partial charge in [0.25, 0.3) is 5.91 Å². The minimum atomic E-state index is -4.49. The summed E-state index contributed by atoms with van der Waals surface area (Å²) in [6, 6.07) is 5.44. The zero-order chi connectivity index (χ0) is 23.8. The Labute approximate surface area is 189 Å². The summed E-state index contributed by atoms with van der Waals surface area (Å²) in [6.45, 7) is 6.51. The fourth-order valence-electron chi connectivity index (χ4n) is 3.94. The molecule has 0 spiro atoms. The number of nitrogens with zero attached hydrogens (tertiary/aromatic N) is 7. The number of aromatic nitrogens is 5. The molecule has 1 saturated heterocycles. The highest BCUT2D eigenvalue weighted by Crippen LogP contribution is 2.31. The normalized spacial score (nSPS) is 17.2. The van der Waals surface area contributed by atoms with Crippen LogP contribution < -0.4 is 4.90 Å². The predicted molar refractivity (Wildman–Crippen MR) is 115 cm³/mol. The van der Waals surface area contributed by atoms with E-state index in [2.05, 4.69) is 20.2 Å². The van der Waals surface area contributed by atoms with E-state index < -0.39 is 11.7 Å². The molecule has 0 aliphatic carbocycles. The van der Waals surface area contributed by atoms with Crippen LogP contribution in [0, 0.1) is 13.8 Å². The third-order valence-electron chi connectivity index (χ3n) is 5.79. The van der Waals surface area contributed by atoms with E-state index in [0.717, 1.165) is 11.8 Å². The summed E-state index contributed by atoms with van der Waals surface area (Å²) in [4.78, 5) is 26.6. The van der Waals surface area contributed by atoms with Gasteiger partial charge in [0, 0.05) is 31.9 Å². The zero-order valence-corrected chi connectivity index (χ0v) is 18.5. The number of alkyl halides is 3. The molecule has 11 heteroatoms. The van der Waals surface area contributed by atoms with Crippen molar-refractivity contribution in [3.05, 3.63) is 59.2 Å². The lowest BCUT2D eigenvalue weighted by molar-refractivity contribution is -0.138. The van der Waals surface area contributed by atoms with E-state index in [1.807, 2.05) is 36.9 Å². The largest absolute Gasteiger partial charge is 0.419 e. The van der Waals surface area contributed by atoms with Crippen LogP contribution in [0.1, 0.15) is 40.5 Å². The molecule has 0 radical (unpaired) electrons. The highest BCUT2D eigenvalue weighted by atomic mass is 19.4. The molecule has 174 valence electrons. The van der Waals surface area contributed by atoms with E-state index >= 15 is 0 Å². The first kappa shape index (κ1) is 22.7. The third-order valence-corrected chi connectivity index (χ3v) is 5.79. The van der Waals surface area contributed by atoms with Gasteiger partial charge < -0.3 is 9.80 Å². The van der Waals surface area contributed by atoms with Crippen molar-refractivity contribution in [3.63, 3.8) is 0 Å². The van der Waals surface area contributed by atoms with Crippen LogP contribution in [0.15, 0.2) is 36.8 Å². The molecule has 3 aromatic rings. The number of halogens is 3. The summed E-state index contributed by atoms with van der Waals surface area (Å²) >= 11 is 0. The van der Waals surface area contributed by atoms with Crippen LogP contribution in [0.2, 0.25) is 0 Å². The number of benzene rings is 1. The van der Waals surface area contributed by atoms with Crippen molar-refractivity contribution in [1.82, 2.24) is 29.9 Å². The molecule has 1 fully saturated rings. The van der Waals surface area contributed by atoms with E-state index in [-0.39, 0.29) is 23.6 Å². The Bertz CT molecular complexity index is 1150. The number of amides is 1. The first-order valence-electron chi connectivity index (χ1n) is 10.6. The maximum atomic E-state index is 13.6. The summed E-state index contributed by atoms with van der Waals surface area (Å²) in [5, 5.41) is 8.31. The van der Waals surface area contributed by atoms with Crippen LogP contribution in [-0.2, 0) is 6.18 Å². The fraction of sp³-hybridized carbons (Fsp3) is 0.409. The Morgan fingerprint density at radius 2 is 1.82 bits per heavy atom. The number of anilines is 1. The SMILES string of the molecule is Cc1ccc(-n2nccn2)c(C(=O)N2CCN(c3ncc(C(F)(F)F)c(C)n3)CC[C@@H]2C)c1. The average molecular weight is 459 g/mol. The summed E-state index contributed by atoms with van der Waals surface area (Å²) in [6.07, 6.45) is 0.0502. The molecule has 1 aliphatic heterocycles. The molecule has 4 rings (SSSR count). The van der Waals surface area contributed by atoms with Gasteiger partial charge in [-0.1, -0.05) is 11.6 Å². The highest BCUT2D eigenvalue weighted by Gasteiger charge is 2.34. The molecule has 0 unspecified atom stereocenters. The van der Waals surface area contributed by atoms with E-state index in [4.69, 9.17) is 0 Å². The monoisotopic (exact) mass is 459 g/mol. The molecule has 1 amide bonds. The fourth-order valence-corrected chi connectivity index (χ4v) is 3.94.